The summed E-state index contributed by atoms with van der Waals surface area (Å²) in [4.78, 5) is 7.89. The molecule has 2 heterocycles. The van der Waals surface area contributed by atoms with Gasteiger partial charge in [0.25, 0.3) is 0 Å². The van der Waals surface area contributed by atoms with Crippen molar-refractivity contribution in [2.75, 3.05) is 52.5 Å². The highest BCUT2D eigenvalue weighted by Crippen LogP contribution is 2.23. The number of benzene rings is 1. The monoisotopic (exact) mass is 389 g/mol. The number of rotatable bonds is 9. The fourth-order valence-corrected chi connectivity index (χ4v) is 4.80. The van der Waals surface area contributed by atoms with Crippen molar-refractivity contribution < 1.29 is 9.84 Å². The van der Waals surface area contributed by atoms with Crippen molar-refractivity contribution in [1.82, 2.24) is 14.7 Å². The average Bonchev–Trinajstić information content (AvgIpc) is 2.72. The molecule has 0 spiro atoms. The van der Waals surface area contributed by atoms with Crippen molar-refractivity contribution in [3.05, 3.63) is 29.8 Å². The maximum atomic E-state index is 9.62. The molecule has 158 valence electrons. The van der Waals surface area contributed by atoms with Crippen LogP contribution in [0.5, 0.6) is 5.75 Å². The van der Waals surface area contributed by atoms with Crippen LogP contribution < -0.4 is 4.74 Å². The molecule has 1 atom stereocenters. The van der Waals surface area contributed by atoms with Gasteiger partial charge in [-0.2, -0.15) is 0 Å². The molecule has 5 nitrogen and oxygen atoms in total. The summed E-state index contributed by atoms with van der Waals surface area (Å²) in [5.41, 5.74) is 1.33. The molecule has 3 rings (SSSR count). The SMILES string of the molecule is CCCN1CCC(N2CCN(Cc3ccc(OCC)cc3)C(CCO)C2)CC1. The Hall–Kier alpha value is -1.14. The van der Waals surface area contributed by atoms with Crippen LogP contribution in [0.25, 0.3) is 0 Å². The van der Waals surface area contributed by atoms with Crippen LogP contribution in [-0.2, 0) is 6.54 Å². The van der Waals surface area contributed by atoms with Gasteiger partial charge in [0.05, 0.1) is 6.61 Å². The van der Waals surface area contributed by atoms with Gasteiger partial charge in [-0.25, -0.2) is 0 Å². The van der Waals surface area contributed by atoms with Crippen LogP contribution >= 0.6 is 0 Å². The standard InChI is InChI=1S/C23H39N3O2/c1-3-12-24-13-9-21(10-14-24)26-16-15-25(22(19-26)11-17-27)18-20-5-7-23(8-6-20)28-4-2/h5-8,21-22,27H,3-4,9-19H2,1-2H3. The molecule has 2 saturated heterocycles. The van der Waals surface area contributed by atoms with Gasteiger partial charge in [0.15, 0.2) is 0 Å². The predicted octanol–water partition coefficient (Wildman–Crippen LogP) is 2.83. The van der Waals surface area contributed by atoms with E-state index in [2.05, 4.69) is 45.9 Å². The largest absolute Gasteiger partial charge is 0.494 e. The normalized spacial score (nSPS) is 23.2. The van der Waals surface area contributed by atoms with Crippen molar-refractivity contribution in [3.63, 3.8) is 0 Å². The van der Waals surface area contributed by atoms with E-state index in [0.29, 0.717) is 12.6 Å². The summed E-state index contributed by atoms with van der Waals surface area (Å²) in [5.74, 6) is 0.942. The van der Waals surface area contributed by atoms with E-state index in [1.807, 2.05) is 6.92 Å². The molecule has 2 aliphatic heterocycles. The lowest BCUT2D eigenvalue weighted by Crippen LogP contribution is -2.57. The summed E-state index contributed by atoms with van der Waals surface area (Å²) in [6.07, 6.45) is 4.71. The van der Waals surface area contributed by atoms with E-state index >= 15 is 0 Å². The Morgan fingerprint density at radius 3 is 2.43 bits per heavy atom. The first kappa shape index (κ1) is 21.6. The minimum atomic E-state index is 0.271. The minimum Gasteiger partial charge on any atom is -0.494 e. The average molecular weight is 390 g/mol. The second-order valence-corrected chi connectivity index (χ2v) is 8.28. The summed E-state index contributed by atoms with van der Waals surface area (Å²) in [6, 6.07) is 9.66. The molecular weight excluding hydrogens is 350 g/mol. The van der Waals surface area contributed by atoms with E-state index in [-0.39, 0.29) is 6.61 Å². The lowest BCUT2D eigenvalue weighted by molar-refractivity contribution is 0.0132. The Morgan fingerprint density at radius 1 is 1.04 bits per heavy atom. The van der Waals surface area contributed by atoms with E-state index in [9.17, 15) is 5.11 Å². The van der Waals surface area contributed by atoms with Gasteiger partial charge in [0.2, 0.25) is 0 Å². The highest BCUT2D eigenvalue weighted by Gasteiger charge is 2.32. The van der Waals surface area contributed by atoms with Gasteiger partial charge in [-0.05, 0) is 69.9 Å². The quantitative estimate of drug-likeness (QED) is 0.703. The van der Waals surface area contributed by atoms with Gasteiger partial charge in [-0.1, -0.05) is 19.1 Å². The summed E-state index contributed by atoms with van der Waals surface area (Å²) in [5, 5.41) is 9.62. The molecule has 0 aliphatic carbocycles. The van der Waals surface area contributed by atoms with Gasteiger partial charge in [0.1, 0.15) is 5.75 Å². The van der Waals surface area contributed by atoms with Crippen LogP contribution in [0.2, 0.25) is 0 Å². The van der Waals surface area contributed by atoms with Crippen LogP contribution in [-0.4, -0.2) is 84.4 Å². The zero-order valence-corrected chi connectivity index (χ0v) is 17.9. The van der Waals surface area contributed by atoms with Crippen molar-refractivity contribution in [2.24, 2.45) is 0 Å². The van der Waals surface area contributed by atoms with Crippen LogP contribution in [0.4, 0.5) is 0 Å². The first-order valence-electron chi connectivity index (χ1n) is 11.3. The summed E-state index contributed by atoms with van der Waals surface area (Å²) >= 11 is 0. The molecule has 0 radical (unpaired) electrons. The van der Waals surface area contributed by atoms with Gasteiger partial charge < -0.3 is 14.7 Å². The molecule has 5 heteroatoms. The Balaban J connectivity index is 1.53. The zero-order chi connectivity index (χ0) is 19.8. The van der Waals surface area contributed by atoms with E-state index in [1.165, 1.54) is 44.5 Å². The van der Waals surface area contributed by atoms with E-state index in [4.69, 9.17) is 4.74 Å². The Bertz CT molecular complexity index is 557. The summed E-state index contributed by atoms with van der Waals surface area (Å²) in [6.45, 7) is 13.3. The molecule has 0 aromatic heterocycles. The number of piperidine rings is 1. The Labute approximate surface area is 171 Å². The van der Waals surface area contributed by atoms with Crippen molar-refractivity contribution in [2.45, 2.75) is 58.2 Å². The molecule has 1 aromatic rings. The van der Waals surface area contributed by atoms with Crippen LogP contribution in [0, 0.1) is 0 Å². The predicted molar refractivity (Wildman–Crippen MR) is 115 cm³/mol. The number of piperazine rings is 1. The molecular formula is C23H39N3O2. The topological polar surface area (TPSA) is 39.2 Å². The van der Waals surface area contributed by atoms with Gasteiger partial charge in [-0.3, -0.25) is 9.80 Å². The maximum absolute atomic E-state index is 9.62. The molecule has 2 fully saturated rings. The fourth-order valence-electron chi connectivity index (χ4n) is 4.80. The second kappa shape index (κ2) is 11.1. The van der Waals surface area contributed by atoms with Crippen molar-refractivity contribution >= 4 is 0 Å². The first-order valence-corrected chi connectivity index (χ1v) is 11.3. The van der Waals surface area contributed by atoms with Gasteiger partial charge in [0, 0.05) is 44.9 Å². The summed E-state index contributed by atoms with van der Waals surface area (Å²) < 4.78 is 5.56. The number of ether oxygens (including phenoxy) is 1. The number of aliphatic hydroxyl groups is 1. The second-order valence-electron chi connectivity index (χ2n) is 8.28. The van der Waals surface area contributed by atoms with E-state index in [1.54, 1.807) is 0 Å². The number of hydrogen-bond acceptors (Lipinski definition) is 5. The Morgan fingerprint density at radius 2 is 1.79 bits per heavy atom. The van der Waals surface area contributed by atoms with Crippen LogP contribution in [0.3, 0.4) is 0 Å². The summed E-state index contributed by atoms with van der Waals surface area (Å²) in [7, 11) is 0. The molecule has 1 N–H and O–H groups in total. The third kappa shape index (κ3) is 5.93. The third-order valence-electron chi connectivity index (χ3n) is 6.33. The molecule has 0 bridgehead atoms. The van der Waals surface area contributed by atoms with E-state index < -0.39 is 0 Å². The number of likely N-dealkylation sites (tertiary alicyclic amines) is 1. The lowest BCUT2D eigenvalue weighted by atomic mass is 9.99. The molecule has 0 amide bonds. The maximum Gasteiger partial charge on any atom is 0.119 e. The minimum absolute atomic E-state index is 0.271. The lowest BCUT2D eigenvalue weighted by Gasteiger charge is -2.46. The number of aliphatic hydroxyl groups excluding tert-OH is 1. The Kier molecular flexibility index (Phi) is 8.59. The molecule has 28 heavy (non-hydrogen) atoms. The van der Waals surface area contributed by atoms with Crippen molar-refractivity contribution in [1.29, 1.82) is 0 Å². The van der Waals surface area contributed by atoms with Crippen molar-refractivity contribution in [3.8, 4) is 5.75 Å². The highest BCUT2D eigenvalue weighted by molar-refractivity contribution is 5.27. The van der Waals surface area contributed by atoms with Crippen LogP contribution in [0.1, 0.15) is 45.1 Å². The van der Waals surface area contributed by atoms with Crippen LogP contribution in [0.15, 0.2) is 24.3 Å². The van der Waals surface area contributed by atoms with Gasteiger partial charge in [-0.15, -0.1) is 0 Å². The molecule has 1 unspecified atom stereocenters. The smallest absolute Gasteiger partial charge is 0.119 e. The molecule has 0 saturated carbocycles. The highest BCUT2D eigenvalue weighted by atomic mass is 16.5. The van der Waals surface area contributed by atoms with Gasteiger partial charge >= 0.3 is 0 Å². The molecule has 2 aliphatic rings. The molecule has 1 aromatic carbocycles. The third-order valence-corrected chi connectivity index (χ3v) is 6.33. The zero-order valence-electron chi connectivity index (χ0n) is 17.9. The van der Waals surface area contributed by atoms with E-state index in [0.717, 1.165) is 44.4 Å². The fraction of sp³-hybridized carbons (Fsp3) is 0.739. The number of nitrogens with zero attached hydrogens (tertiary/aromatic N) is 3. The number of hydrogen-bond donors (Lipinski definition) is 1. The first-order chi connectivity index (χ1) is 13.7.